The van der Waals surface area contributed by atoms with E-state index >= 15 is 0 Å². The smallest absolute Gasteiger partial charge is 0.181 e. The molecule has 0 saturated carbocycles. The van der Waals surface area contributed by atoms with Crippen molar-refractivity contribution in [2.75, 3.05) is 26.4 Å². The summed E-state index contributed by atoms with van der Waals surface area (Å²) < 4.78 is 29.4. The molecule has 0 aliphatic rings. The maximum Gasteiger partial charge on any atom is 0.181 e. The number of benzene rings is 1. The van der Waals surface area contributed by atoms with Gasteiger partial charge in [-0.05, 0) is 82.7 Å². The normalized spacial score (nSPS) is 11.5. The monoisotopic (exact) mass is 490 g/mol. The van der Waals surface area contributed by atoms with Crippen LogP contribution in [-0.4, -0.2) is 44.9 Å². The van der Waals surface area contributed by atoms with Crippen molar-refractivity contribution in [2.45, 2.75) is 85.7 Å². The lowest BCUT2D eigenvalue weighted by molar-refractivity contribution is -0.204. The van der Waals surface area contributed by atoms with E-state index in [0.29, 0.717) is 26.4 Å². The van der Waals surface area contributed by atoms with Crippen molar-refractivity contribution in [3.05, 3.63) is 33.8 Å². The Hall–Kier alpha value is -0.980. The predicted molar refractivity (Wildman–Crippen MR) is 132 cm³/mol. The number of halogens is 2. The predicted octanol–water partition coefficient (Wildman–Crippen LogP) is 6.86. The second kappa shape index (κ2) is 16.6. The number of rotatable bonds is 17. The second-order valence-electron chi connectivity index (χ2n) is 8.01. The summed E-state index contributed by atoms with van der Waals surface area (Å²) in [7, 11) is 0. The molecule has 0 radical (unpaired) electrons. The molecule has 0 aliphatic heterocycles. The van der Waals surface area contributed by atoms with Crippen molar-refractivity contribution in [2.24, 2.45) is 0 Å². The van der Waals surface area contributed by atoms with Crippen LogP contribution < -0.4 is 9.47 Å². The number of unbranched alkanes of at least 4 members (excludes halogenated alkanes) is 1. The maximum atomic E-state index is 6.17. The zero-order chi connectivity index (χ0) is 23.9. The molecule has 0 heterocycles. The van der Waals surface area contributed by atoms with Gasteiger partial charge in [-0.15, -0.1) is 0 Å². The highest BCUT2D eigenvalue weighted by molar-refractivity contribution is 6.55. The number of hydrogen-bond acceptors (Lipinski definition) is 5. The maximum absolute atomic E-state index is 6.17. The number of aryl methyl sites for hydroxylation is 2. The molecule has 184 valence electrons. The lowest BCUT2D eigenvalue weighted by atomic mass is 10.0. The van der Waals surface area contributed by atoms with Crippen molar-refractivity contribution in [1.82, 2.24) is 0 Å². The highest BCUT2D eigenvalue weighted by Gasteiger charge is 2.14. The summed E-state index contributed by atoms with van der Waals surface area (Å²) in [5.41, 5.74) is 2.27. The Morgan fingerprint density at radius 3 is 1.94 bits per heavy atom. The van der Waals surface area contributed by atoms with E-state index in [1.165, 1.54) is 0 Å². The largest absolute Gasteiger partial charge is 0.493 e. The minimum atomic E-state index is -0.331. The van der Waals surface area contributed by atoms with E-state index in [-0.39, 0.29) is 23.0 Å². The Balaban J connectivity index is 2.48. The molecule has 0 fully saturated rings. The zero-order valence-corrected chi connectivity index (χ0v) is 21.9. The van der Waals surface area contributed by atoms with Crippen LogP contribution in [0.1, 0.15) is 65.5 Å². The van der Waals surface area contributed by atoms with Gasteiger partial charge >= 0.3 is 0 Å². The molecule has 32 heavy (non-hydrogen) atoms. The van der Waals surface area contributed by atoms with Crippen molar-refractivity contribution in [3.63, 3.8) is 0 Å². The number of ether oxygens (including phenoxy) is 5. The fourth-order valence-electron chi connectivity index (χ4n) is 3.10. The molecule has 1 aromatic carbocycles. The van der Waals surface area contributed by atoms with Crippen molar-refractivity contribution >= 4 is 23.2 Å². The molecule has 0 N–H and O–H groups in total. The van der Waals surface area contributed by atoms with Gasteiger partial charge in [0.15, 0.2) is 6.29 Å². The third kappa shape index (κ3) is 12.3. The molecule has 0 spiro atoms. The van der Waals surface area contributed by atoms with Crippen LogP contribution in [0, 0.1) is 0 Å². The van der Waals surface area contributed by atoms with Gasteiger partial charge in [0.2, 0.25) is 0 Å². The first-order valence-corrected chi connectivity index (χ1v) is 12.3. The topological polar surface area (TPSA) is 46.2 Å². The van der Waals surface area contributed by atoms with Gasteiger partial charge in [-0.1, -0.05) is 37.0 Å². The summed E-state index contributed by atoms with van der Waals surface area (Å²) in [6.07, 6.45) is 5.03. The van der Waals surface area contributed by atoms with Gasteiger partial charge in [-0.25, -0.2) is 0 Å². The van der Waals surface area contributed by atoms with Crippen LogP contribution in [-0.2, 0) is 27.1 Å². The highest BCUT2D eigenvalue weighted by Crippen LogP contribution is 2.31. The third-order valence-electron chi connectivity index (χ3n) is 4.50. The Labute approximate surface area is 204 Å². The molecule has 0 aromatic heterocycles. The minimum absolute atomic E-state index is 0.0997. The molecule has 0 atom stereocenters. The van der Waals surface area contributed by atoms with E-state index in [9.17, 15) is 0 Å². The Kier molecular flexibility index (Phi) is 15.1. The second-order valence-corrected chi connectivity index (χ2v) is 9.02. The molecular formula is C25H40Cl2O5. The van der Waals surface area contributed by atoms with Crippen LogP contribution in [0.4, 0.5) is 0 Å². The first kappa shape index (κ1) is 29.1. The van der Waals surface area contributed by atoms with Gasteiger partial charge < -0.3 is 23.7 Å². The van der Waals surface area contributed by atoms with Crippen LogP contribution in [0.3, 0.4) is 0 Å². The highest BCUT2D eigenvalue weighted by atomic mass is 35.5. The van der Waals surface area contributed by atoms with E-state index in [4.69, 9.17) is 46.9 Å². The lowest BCUT2D eigenvalue weighted by Gasteiger charge is -2.22. The molecule has 5 nitrogen and oxygen atoms in total. The quantitative estimate of drug-likeness (QED) is 0.176. The summed E-state index contributed by atoms with van der Waals surface area (Å²) in [4.78, 5) is 0. The van der Waals surface area contributed by atoms with Gasteiger partial charge in [-0.3, -0.25) is 0 Å². The average Bonchev–Trinajstić information content (AvgIpc) is 2.71. The molecule has 0 amide bonds. The molecule has 0 aliphatic carbocycles. The molecule has 7 heteroatoms. The molecule has 1 rings (SSSR count). The van der Waals surface area contributed by atoms with Gasteiger partial charge in [0.1, 0.15) is 22.6 Å². The SMILES string of the molecule is CCc1cc(OCC=C(Cl)Cl)cc(CC)c1OCCCCOCC(OC(C)C)OC(C)C. The molecule has 0 unspecified atom stereocenters. The van der Waals surface area contributed by atoms with Gasteiger partial charge in [0.05, 0.1) is 25.4 Å². The van der Waals surface area contributed by atoms with Crippen LogP contribution in [0.5, 0.6) is 11.5 Å². The summed E-state index contributed by atoms with van der Waals surface area (Å²) in [5, 5.41) is 0. The van der Waals surface area contributed by atoms with E-state index < -0.39 is 0 Å². The van der Waals surface area contributed by atoms with Gasteiger partial charge in [0.25, 0.3) is 0 Å². The third-order valence-corrected chi connectivity index (χ3v) is 4.81. The fraction of sp³-hybridized carbons (Fsp3) is 0.680. The number of hydrogen-bond donors (Lipinski definition) is 0. The van der Waals surface area contributed by atoms with E-state index in [1.807, 2.05) is 39.8 Å². The average molecular weight is 491 g/mol. The lowest BCUT2D eigenvalue weighted by Crippen LogP contribution is -2.29. The Morgan fingerprint density at radius 2 is 1.44 bits per heavy atom. The van der Waals surface area contributed by atoms with Crippen LogP contribution in [0.25, 0.3) is 0 Å². The van der Waals surface area contributed by atoms with E-state index in [0.717, 1.165) is 48.3 Å². The summed E-state index contributed by atoms with van der Waals surface area (Å²) in [6, 6.07) is 4.05. The standard InChI is InChI=1S/C25H40Cl2O5/c1-7-20-15-22(29-14-11-23(26)27)16-21(8-2)25(20)30-13-10-9-12-28-17-24(31-18(3)4)32-19(5)6/h11,15-16,18-19,24H,7-10,12-14,17H2,1-6H3. The van der Waals surface area contributed by atoms with Crippen molar-refractivity contribution < 1.29 is 23.7 Å². The van der Waals surface area contributed by atoms with Crippen molar-refractivity contribution in [1.29, 1.82) is 0 Å². The Morgan fingerprint density at radius 1 is 0.875 bits per heavy atom. The molecule has 0 saturated heterocycles. The first-order chi connectivity index (χ1) is 15.3. The molecule has 0 bridgehead atoms. The van der Waals surface area contributed by atoms with Gasteiger partial charge in [-0.2, -0.15) is 0 Å². The fourth-order valence-corrected chi connectivity index (χ4v) is 3.22. The Bertz CT molecular complexity index is 637. The van der Waals surface area contributed by atoms with Gasteiger partial charge in [0, 0.05) is 6.61 Å². The van der Waals surface area contributed by atoms with Crippen LogP contribution >= 0.6 is 23.2 Å². The van der Waals surface area contributed by atoms with Crippen LogP contribution in [0.15, 0.2) is 22.7 Å². The summed E-state index contributed by atoms with van der Waals surface area (Å²) >= 11 is 11.3. The minimum Gasteiger partial charge on any atom is -0.493 e. The van der Waals surface area contributed by atoms with E-state index in [2.05, 4.69) is 13.8 Å². The molecular weight excluding hydrogens is 451 g/mol. The summed E-state index contributed by atoms with van der Waals surface area (Å²) in [5.74, 6) is 1.76. The van der Waals surface area contributed by atoms with Crippen molar-refractivity contribution in [3.8, 4) is 11.5 Å². The van der Waals surface area contributed by atoms with E-state index in [1.54, 1.807) is 6.08 Å². The molecule has 1 aromatic rings. The zero-order valence-electron chi connectivity index (χ0n) is 20.4. The first-order valence-electron chi connectivity index (χ1n) is 11.6. The van der Waals surface area contributed by atoms with Crippen LogP contribution in [0.2, 0.25) is 0 Å². The summed E-state index contributed by atoms with van der Waals surface area (Å²) in [6.45, 7) is 14.3.